The van der Waals surface area contributed by atoms with Crippen LogP contribution in [0.15, 0.2) is 0 Å². The Morgan fingerprint density at radius 1 is 1.35 bits per heavy atom. The maximum atomic E-state index is 11.5. The van der Waals surface area contributed by atoms with E-state index in [0.29, 0.717) is 19.1 Å². The summed E-state index contributed by atoms with van der Waals surface area (Å²) in [5, 5.41) is 13.2. The summed E-state index contributed by atoms with van der Waals surface area (Å²) in [6.45, 7) is 4.76. The minimum absolute atomic E-state index is 0.0910. The molecule has 0 aromatic rings. The van der Waals surface area contributed by atoms with Crippen molar-refractivity contribution in [3.8, 4) is 0 Å². The second kappa shape index (κ2) is 7.36. The molecule has 2 heterocycles. The fraction of sp³-hybridized carbons (Fsp3) is 0.929. The number of amides is 1. The van der Waals surface area contributed by atoms with Crippen molar-refractivity contribution in [2.45, 2.75) is 24.9 Å². The Kier molecular flexibility index (Phi) is 5.77. The van der Waals surface area contributed by atoms with E-state index in [0.717, 1.165) is 39.1 Å². The van der Waals surface area contributed by atoms with Crippen LogP contribution in [0.3, 0.4) is 0 Å². The number of β-amino-alcohol motifs (C(OH)–C–C–N with tert-alkyl or cyclic N) is 1. The van der Waals surface area contributed by atoms with E-state index >= 15 is 0 Å². The zero-order valence-corrected chi connectivity index (χ0v) is 12.3. The van der Waals surface area contributed by atoms with Gasteiger partial charge in [0.15, 0.2) is 0 Å². The van der Waals surface area contributed by atoms with E-state index in [9.17, 15) is 9.90 Å². The van der Waals surface area contributed by atoms with Crippen LogP contribution < -0.4 is 5.32 Å². The molecule has 0 bridgehead atoms. The molecule has 0 spiro atoms. The van der Waals surface area contributed by atoms with Crippen LogP contribution >= 0.6 is 0 Å². The Balaban J connectivity index is 1.89. The van der Waals surface area contributed by atoms with Crippen molar-refractivity contribution in [1.82, 2.24) is 10.2 Å². The molecule has 0 saturated carbocycles. The number of hydrogen-bond acceptors (Lipinski definition) is 5. The number of aliphatic hydroxyl groups is 1. The summed E-state index contributed by atoms with van der Waals surface area (Å²) >= 11 is 0. The maximum Gasteiger partial charge on any atom is 0.222 e. The Hall–Kier alpha value is -0.690. The van der Waals surface area contributed by atoms with Crippen molar-refractivity contribution < 1.29 is 19.4 Å². The molecule has 6 nitrogen and oxygen atoms in total. The lowest BCUT2D eigenvalue weighted by molar-refractivity contribution is -0.128. The summed E-state index contributed by atoms with van der Waals surface area (Å²) in [5.74, 6) is 0.468. The van der Waals surface area contributed by atoms with Crippen molar-refractivity contribution in [3.05, 3.63) is 0 Å². The zero-order chi connectivity index (χ0) is 14.4. The summed E-state index contributed by atoms with van der Waals surface area (Å²) in [4.78, 5) is 13.8. The molecule has 0 radical (unpaired) electrons. The van der Waals surface area contributed by atoms with E-state index in [1.807, 2.05) is 0 Å². The van der Waals surface area contributed by atoms with Crippen molar-refractivity contribution in [1.29, 1.82) is 0 Å². The number of hydrogen-bond donors (Lipinski definition) is 2. The lowest BCUT2D eigenvalue weighted by Gasteiger charge is -2.33. The highest BCUT2D eigenvalue weighted by Crippen LogP contribution is 2.21. The smallest absolute Gasteiger partial charge is 0.222 e. The number of ether oxygens (including phenoxy) is 2. The molecular formula is C14H26N2O4. The highest BCUT2D eigenvalue weighted by atomic mass is 16.5. The molecule has 6 heteroatoms. The minimum Gasteiger partial charge on any atom is -0.386 e. The van der Waals surface area contributed by atoms with Crippen LogP contribution in [0.1, 0.15) is 19.3 Å². The first-order chi connectivity index (χ1) is 9.61. The van der Waals surface area contributed by atoms with Gasteiger partial charge in [-0.2, -0.15) is 0 Å². The van der Waals surface area contributed by atoms with Gasteiger partial charge in [-0.1, -0.05) is 0 Å². The van der Waals surface area contributed by atoms with Gasteiger partial charge in [-0.05, 0) is 18.8 Å². The molecule has 2 rings (SSSR count). The quantitative estimate of drug-likeness (QED) is 0.737. The first-order valence-corrected chi connectivity index (χ1v) is 7.42. The van der Waals surface area contributed by atoms with Gasteiger partial charge in [-0.15, -0.1) is 0 Å². The highest BCUT2D eigenvalue weighted by molar-refractivity contribution is 5.76. The third-order valence-corrected chi connectivity index (χ3v) is 4.07. The predicted molar refractivity (Wildman–Crippen MR) is 74.4 cm³/mol. The van der Waals surface area contributed by atoms with Gasteiger partial charge in [0.2, 0.25) is 5.91 Å². The summed E-state index contributed by atoms with van der Waals surface area (Å²) < 4.78 is 10.9. The van der Waals surface area contributed by atoms with Crippen LogP contribution in [0.4, 0.5) is 0 Å². The number of carbonyl (C=O) groups is 1. The van der Waals surface area contributed by atoms with E-state index in [2.05, 4.69) is 10.2 Å². The average molecular weight is 286 g/mol. The first-order valence-electron chi connectivity index (χ1n) is 7.42. The standard InChI is InChI=1S/C14H26N2O4/c1-15-13(17)8-14(18)10-16(4-7-20-11-14)9-12-2-5-19-6-3-12/h12,18H,2-11H2,1H3,(H,15,17)/t14-/m1/s1. The molecule has 2 N–H and O–H groups in total. The van der Waals surface area contributed by atoms with Gasteiger partial charge in [0.1, 0.15) is 5.60 Å². The Morgan fingerprint density at radius 3 is 2.80 bits per heavy atom. The lowest BCUT2D eigenvalue weighted by Crippen LogP contribution is -2.48. The molecule has 0 aliphatic carbocycles. The van der Waals surface area contributed by atoms with Crippen LogP contribution in [0, 0.1) is 5.92 Å². The monoisotopic (exact) mass is 286 g/mol. The predicted octanol–water partition coefficient (Wildman–Crippen LogP) is -0.388. The van der Waals surface area contributed by atoms with Gasteiger partial charge in [0.05, 0.1) is 19.6 Å². The molecule has 0 aromatic carbocycles. The van der Waals surface area contributed by atoms with Crippen LogP contribution in [-0.2, 0) is 14.3 Å². The van der Waals surface area contributed by atoms with E-state index in [1.165, 1.54) is 0 Å². The highest BCUT2D eigenvalue weighted by Gasteiger charge is 2.35. The van der Waals surface area contributed by atoms with E-state index in [1.54, 1.807) is 7.05 Å². The third-order valence-electron chi connectivity index (χ3n) is 4.07. The van der Waals surface area contributed by atoms with Crippen LogP contribution in [0.25, 0.3) is 0 Å². The van der Waals surface area contributed by atoms with Gasteiger partial charge in [0, 0.05) is 39.9 Å². The van der Waals surface area contributed by atoms with Crippen LogP contribution in [-0.4, -0.2) is 74.6 Å². The number of nitrogens with one attached hydrogen (secondary N) is 1. The SMILES string of the molecule is CNC(=O)C[C@]1(O)COCCN(CC2CCOCC2)C1. The molecule has 2 saturated heterocycles. The fourth-order valence-electron chi connectivity index (χ4n) is 2.94. The first kappa shape index (κ1) is 15.7. The van der Waals surface area contributed by atoms with E-state index in [-0.39, 0.29) is 18.9 Å². The largest absolute Gasteiger partial charge is 0.386 e. The number of carbonyl (C=O) groups excluding carboxylic acids is 1. The van der Waals surface area contributed by atoms with Crippen LogP contribution in [0.2, 0.25) is 0 Å². The van der Waals surface area contributed by atoms with Crippen LogP contribution in [0.5, 0.6) is 0 Å². The van der Waals surface area contributed by atoms with Gasteiger partial charge in [-0.3, -0.25) is 9.69 Å². The van der Waals surface area contributed by atoms with Crippen molar-refractivity contribution in [3.63, 3.8) is 0 Å². The summed E-state index contributed by atoms with van der Waals surface area (Å²) in [6, 6.07) is 0. The Morgan fingerprint density at radius 2 is 2.10 bits per heavy atom. The maximum absolute atomic E-state index is 11.5. The van der Waals surface area contributed by atoms with E-state index in [4.69, 9.17) is 9.47 Å². The van der Waals surface area contributed by atoms with Crippen molar-refractivity contribution in [2.75, 3.05) is 53.1 Å². The lowest BCUT2D eigenvalue weighted by atomic mass is 9.96. The Labute approximate surface area is 120 Å². The minimum atomic E-state index is -1.08. The summed E-state index contributed by atoms with van der Waals surface area (Å²) in [7, 11) is 1.59. The van der Waals surface area contributed by atoms with Crippen molar-refractivity contribution in [2.24, 2.45) is 5.92 Å². The van der Waals surface area contributed by atoms with Crippen molar-refractivity contribution >= 4 is 5.91 Å². The molecule has 2 aliphatic heterocycles. The topological polar surface area (TPSA) is 71.0 Å². The fourth-order valence-corrected chi connectivity index (χ4v) is 2.94. The Bertz CT molecular complexity index is 320. The van der Waals surface area contributed by atoms with Gasteiger partial charge in [-0.25, -0.2) is 0 Å². The number of rotatable bonds is 4. The molecule has 1 atom stereocenters. The molecule has 20 heavy (non-hydrogen) atoms. The molecule has 0 unspecified atom stereocenters. The molecule has 2 aliphatic rings. The molecular weight excluding hydrogens is 260 g/mol. The zero-order valence-electron chi connectivity index (χ0n) is 12.3. The van der Waals surface area contributed by atoms with Gasteiger partial charge < -0.3 is 19.9 Å². The normalized spacial score (nSPS) is 29.9. The average Bonchev–Trinajstić information content (AvgIpc) is 2.61. The summed E-state index contributed by atoms with van der Waals surface area (Å²) in [6.07, 6.45) is 2.24. The third kappa shape index (κ3) is 4.70. The van der Waals surface area contributed by atoms with Gasteiger partial charge >= 0.3 is 0 Å². The second-order valence-electron chi connectivity index (χ2n) is 5.92. The second-order valence-corrected chi connectivity index (χ2v) is 5.92. The molecule has 1 amide bonds. The number of nitrogens with zero attached hydrogens (tertiary/aromatic N) is 1. The van der Waals surface area contributed by atoms with E-state index < -0.39 is 5.60 Å². The summed E-state index contributed by atoms with van der Waals surface area (Å²) in [5.41, 5.74) is -1.08. The van der Waals surface area contributed by atoms with Gasteiger partial charge in [0.25, 0.3) is 0 Å². The molecule has 116 valence electrons. The molecule has 2 fully saturated rings. The molecule has 0 aromatic heterocycles.